The highest BCUT2D eigenvalue weighted by Crippen LogP contribution is 2.37. The molecule has 0 aliphatic carbocycles. The minimum Gasteiger partial charge on any atom is -0.487 e. The number of benzene rings is 1. The van der Waals surface area contributed by atoms with Crippen molar-refractivity contribution in [3.05, 3.63) is 60.0 Å². The second-order valence-electron chi connectivity index (χ2n) is 5.46. The average molecular weight is 338 g/mol. The molecule has 120 valence electrons. The van der Waals surface area contributed by atoms with Gasteiger partial charge in [0.2, 0.25) is 0 Å². The number of amides is 1. The summed E-state index contributed by atoms with van der Waals surface area (Å²) in [4.78, 5) is 16.3. The zero-order chi connectivity index (χ0) is 16.4. The van der Waals surface area contributed by atoms with Gasteiger partial charge in [0, 0.05) is 18.2 Å². The highest BCUT2D eigenvalue weighted by molar-refractivity contribution is 6.99. The summed E-state index contributed by atoms with van der Waals surface area (Å²) in [6, 6.07) is 11.9. The summed E-state index contributed by atoms with van der Waals surface area (Å²) >= 11 is 1.02. The number of carbonyl (C=O) groups is 1. The Bertz CT molecular complexity index is 852. The predicted molar refractivity (Wildman–Crippen MR) is 90.0 cm³/mol. The van der Waals surface area contributed by atoms with E-state index < -0.39 is 0 Å². The fourth-order valence-corrected chi connectivity index (χ4v) is 3.15. The van der Waals surface area contributed by atoms with Crippen molar-refractivity contribution in [3.63, 3.8) is 0 Å². The standard InChI is InChI=1S/C17H14N4O2S/c22-17(15-10-20-24-21-15)19-9-12-8-11-4-3-5-13(16(11)23-12)14-6-1-2-7-18-14/h1-7,10,12H,8-9H2,(H,19,22)/t12-/m1/s1. The molecule has 0 saturated carbocycles. The molecular formula is C17H14N4O2S. The van der Waals surface area contributed by atoms with Gasteiger partial charge in [-0.1, -0.05) is 18.2 Å². The van der Waals surface area contributed by atoms with E-state index in [2.05, 4.69) is 19.0 Å². The molecule has 7 heteroatoms. The number of nitrogens with zero attached hydrogens (tertiary/aromatic N) is 3. The number of pyridine rings is 1. The van der Waals surface area contributed by atoms with Crippen molar-refractivity contribution in [2.24, 2.45) is 0 Å². The summed E-state index contributed by atoms with van der Waals surface area (Å²) in [5.41, 5.74) is 3.33. The number of aromatic nitrogens is 3. The van der Waals surface area contributed by atoms with Crippen LogP contribution in [0, 0.1) is 0 Å². The van der Waals surface area contributed by atoms with Gasteiger partial charge in [-0.05, 0) is 23.8 Å². The molecule has 4 rings (SSSR count). The van der Waals surface area contributed by atoms with E-state index in [-0.39, 0.29) is 12.0 Å². The molecule has 2 aromatic heterocycles. The highest BCUT2D eigenvalue weighted by atomic mass is 32.1. The number of fused-ring (bicyclic) bond motifs is 1. The van der Waals surface area contributed by atoms with E-state index in [1.54, 1.807) is 6.20 Å². The Kier molecular flexibility index (Phi) is 3.92. The van der Waals surface area contributed by atoms with Crippen molar-refractivity contribution >= 4 is 17.6 Å². The average Bonchev–Trinajstić information content (AvgIpc) is 3.29. The van der Waals surface area contributed by atoms with Crippen LogP contribution in [0.2, 0.25) is 0 Å². The smallest absolute Gasteiger partial charge is 0.272 e. The van der Waals surface area contributed by atoms with Gasteiger partial charge in [-0.25, -0.2) is 0 Å². The number of para-hydroxylation sites is 1. The third-order valence-electron chi connectivity index (χ3n) is 3.85. The Balaban J connectivity index is 1.47. The summed E-state index contributed by atoms with van der Waals surface area (Å²) < 4.78 is 13.8. The number of hydrogen-bond acceptors (Lipinski definition) is 6. The van der Waals surface area contributed by atoms with Gasteiger partial charge in [-0.2, -0.15) is 8.75 Å². The van der Waals surface area contributed by atoms with Crippen molar-refractivity contribution in [1.82, 2.24) is 19.0 Å². The summed E-state index contributed by atoms with van der Waals surface area (Å²) in [6.45, 7) is 0.423. The molecule has 1 amide bonds. The van der Waals surface area contributed by atoms with Gasteiger partial charge < -0.3 is 10.1 Å². The van der Waals surface area contributed by atoms with Crippen LogP contribution in [-0.4, -0.2) is 32.3 Å². The summed E-state index contributed by atoms with van der Waals surface area (Å²) in [5.74, 6) is 0.624. The van der Waals surface area contributed by atoms with E-state index in [1.807, 2.05) is 36.4 Å². The Labute approximate surface area is 142 Å². The molecule has 0 saturated heterocycles. The van der Waals surface area contributed by atoms with Gasteiger partial charge in [0.15, 0.2) is 5.69 Å². The first-order valence-electron chi connectivity index (χ1n) is 7.57. The summed E-state index contributed by atoms with van der Waals surface area (Å²) in [5, 5.41) is 2.85. The maximum atomic E-state index is 12.0. The largest absolute Gasteiger partial charge is 0.487 e. The zero-order valence-electron chi connectivity index (χ0n) is 12.7. The van der Waals surface area contributed by atoms with Crippen molar-refractivity contribution in [2.75, 3.05) is 6.54 Å². The van der Waals surface area contributed by atoms with Gasteiger partial charge in [-0.3, -0.25) is 9.78 Å². The van der Waals surface area contributed by atoms with Crippen molar-refractivity contribution in [1.29, 1.82) is 0 Å². The van der Waals surface area contributed by atoms with Crippen molar-refractivity contribution < 1.29 is 9.53 Å². The molecule has 1 atom stereocenters. The normalized spacial score (nSPS) is 15.6. The van der Waals surface area contributed by atoms with Crippen LogP contribution in [0.5, 0.6) is 5.75 Å². The van der Waals surface area contributed by atoms with Crippen LogP contribution in [0.3, 0.4) is 0 Å². The number of carbonyl (C=O) groups excluding carboxylic acids is 1. The van der Waals surface area contributed by atoms with Crippen LogP contribution >= 0.6 is 11.7 Å². The quantitative estimate of drug-likeness (QED) is 0.790. The van der Waals surface area contributed by atoms with E-state index in [9.17, 15) is 4.79 Å². The van der Waals surface area contributed by atoms with E-state index >= 15 is 0 Å². The number of hydrogen-bond donors (Lipinski definition) is 1. The first-order valence-corrected chi connectivity index (χ1v) is 8.30. The molecule has 3 heterocycles. The van der Waals surface area contributed by atoms with Crippen LogP contribution in [0.1, 0.15) is 16.1 Å². The third kappa shape index (κ3) is 2.85. The molecule has 0 bridgehead atoms. The van der Waals surface area contributed by atoms with E-state index in [0.29, 0.717) is 12.2 Å². The predicted octanol–water partition coefficient (Wildman–Crippen LogP) is 2.33. The minimum absolute atomic E-state index is 0.0968. The van der Waals surface area contributed by atoms with E-state index in [1.165, 1.54) is 6.20 Å². The minimum atomic E-state index is -0.228. The lowest BCUT2D eigenvalue weighted by Crippen LogP contribution is -2.34. The molecule has 0 radical (unpaired) electrons. The van der Waals surface area contributed by atoms with Crippen LogP contribution < -0.4 is 10.1 Å². The topological polar surface area (TPSA) is 77.0 Å². The van der Waals surface area contributed by atoms with E-state index in [4.69, 9.17) is 4.74 Å². The van der Waals surface area contributed by atoms with Crippen LogP contribution in [0.4, 0.5) is 0 Å². The Morgan fingerprint density at radius 1 is 1.29 bits per heavy atom. The monoisotopic (exact) mass is 338 g/mol. The van der Waals surface area contributed by atoms with Gasteiger partial charge >= 0.3 is 0 Å². The fraction of sp³-hybridized carbons (Fsp3) is 0.176. The molecule has 24 heavy (non-hydrogen) atoms. The van der Waals surface area contributed by atoms with E-state index in [0.717, 1.165) is 40.7 Å². The van der Waals surface area contributed by atoms with Gasteiger partial charge in [-0.15, -0.1) is 0 Å². The maximum Gasteiger partial charge on any atom is 0.272 e. The molecule has 1 aromatic carbocycles. The molecule has 1 N–H and O–H groups in total. The molecule has 0 unspecified atom stereocenters. The fourth-order valence-electron chi connectivity index (χ4n) is 2.74. The third-order valence-corrected chi connectivity index (χ3v) is 4.33. The van der Waals surface area contributed by atoms with Gasteiger partial charge in [0.25, 0.3) is 5.91 Å². The van der Waals surface area contributed by atoms with Crippen molar-refractivity contribution in [3.8, 4) is 17.0 Å². The highest BCUT2D eigenvalue weighted by Gasteiger charge is 2.26. The Morgan fingerprint density at radius 3 is 3.04 bits per heavy atom. The number of nitrogens with one attached hydrogen (secondary N) is 1. The molecule has 1 aliphatic heterocycles. The van der Waals surface area contributed by atoms with Crippen molar-refractivity contribution in [2.45, 2.75) is 12.5 Å². The summed E-state index contributed by atoms with van der Waals surface area (Å²) in [7, 11) is 0. The maximum absolute atomic E-state index is 12.0. The van der Waals surface area contributed by atoms with Crippen LogP contribution in [0.25, 0.3) is 11.3 Å². The lowest BCUT2D eigenvalue weighted by Gasteiger charge is -2.12. The molecule has 0 fully saturated rings. The van der Waals surface area contributed by atoms with Gasteiger partial charge in [0.05, 0.1) is 30.2 Å². The Hall–Kier alpha value is -2.80. The van der Waals surface area contributed by atoms with Gasteiger partial charge in [0.1, 0.15) is 11.9 Å². The Morgan fingerprint density at radius 2 is 2.25 bits per heavy atom. The SMILES string of the molecule is O=C(NC[C@H]1Cc2cccc(-c3ccccn3)c2O1)c1cnsn1. The number of rotatable bonds is 4. The number of ether oxygens (including phenoxy) is 1. The van der Waals surface area contributed by atoms with Crippen LogP contribution in [-0.2, 0) is 6.42 Å². The molecule has 1 aliphatic rings. The van der Waals surface area contributed by atoms with Crippen LogP contribution in [0.15, 0.2) is 48.8 Å². The molecular weight excluding hydrogens is 324 g/mol. The lowest BCUT2D eigenvalue weighted by molar-refractivity contribution is 0.0929. The molecule has 3 aromatic rings. The molecule has 0 spiro atoms. The lowest BCUT2D eigenvalue weighted by atomic mass is 10.0. The molecule has 6 nitrogen and oxygen atoms in total. The first kappa shape index (κ1) is 14.8. The zero-order valence-corrected chi connectivity index (χ0v) is 13.5. The summed E-state index contributed by atoms with van der Waals surface area (Å²) in [6.07, 6.45) is 3.89. The second kappa shape index (κ2) is 6.37. The second-order valence-corrected chi connectivity index (χ2v) is 6.01. The first-order chi connectivity index (χ1) is 11.8.